The fraction of sp³-hybridized carbons (Fsp3) is 0.435. The first kappa shape index (κ1) is 22.8. The van der Waals surface area contributed by atoms with Gasteiger partial charge in [0.25, 0.3) is 5.91 Å². The highest BCUT2D eigenvalue weighted by atomic mass is 79.9. The molecule has 1 fully saturated rings. The van der Waals surface area contributed by atoms with E-state index in [4.69, 9.17) is 4.74 Å². The highest BCUT2D eigenvalue weighted by Gasteiger charge is 2.34. The van der Waals surface area contributed by atoms with Crippen molar-refractivity contribution in [2.24, 2.45) is 0 Å². The molecule has 1 atom stereocenters. The minimum atomic E-state index is -3.10. The third kappa shape index (κ3) is 6.08. The molecule has 0 radical (unpaired) electrons. The Bertz CT molecular complexity index is 979. The molecule has 3 rings (SSSR count). The van der Waals surface area contributed by atoms with Crippen molar-refractivity contribution < 1.29 is 17.9 Å². The normalized spacial score (nSPS) is 18.2. The van der Waals surface area contributed by atoms with Crippen molar-refractivity contribution >= 4 is 31.7 Å². The fourth-order valence-corrected chi connectivity index (χ4v) is 5.50. The molecule has 30 heavy (non-hydrogen) atoms. The predicted molar refractivity (Wildman–Crippen MR) is 122 cm³/mol. The number of nitrogens with zero attached hydrogens (tertiary/aromatic N) is 1. The molecule has 0 aliphatic carbocycles. The zero-order valence-corrected chi connectivity index (χ0v) is 20.0. The lowest BCUT2D eigenvalue weighted by Crippen LogP contribution is -2.43. The Morgan fingerprint density at radius 2 is 1.73 bits per heavy atom. The first-order valence-electron chi connectivity index (χ1n) is 10.0. The lowest BCUT2D eigenvalue weighted by Gasteiger charge is -2.29. The second-order valence-electron chi connectivity index (χ2n) is 8.77. The van der Waals surface area contributed by atoms with Gasteiger partial charge in [-0.1, -0.05) is 61.0 Å². The highest BCUT2D eigenvalue weighted by molar-refractivity contribution is 9.10. The molecule has 2 aromatic rings. The zero-order chi connectivity index (χ0) is 21.9. The number of carbonyl (C=O) groups excluding carboxylic acids is 1. The van der Waals surface area contributed by atoms with Crippen LogP contribution < -0.4 is 4.74 Å². The average Bonchev–Trinajstić information content (AvgIpc) is 3.04. The Labute approximate surface area is 187 Å². The third-order valence-corrected chi connectivity index (χ3v) is 7.60. The Morgan fingerprint density at radius 1 is 1.10 bits per heavy atom. The summed E-state index contributed by atoms with van der Waals surface area (Å²) in [6.45, 7) is 6.70. The summed E-state index contributed by atoms with van der Waals surface area (Å²) in [5.74, 6) is 0.523. The van der Waals surface area contributed by atoms with Crippen LogP contribution in [0.2, 0.25) is 0 Å². The van der Waals surface area contributed by atoms with Crippen LogP contribution in [0.5, 0.6) is 5.75 Å². The summed E-state index contributed by atoms with van der Waals surface area (Å²) in [4.78, 5) is 14.7. The molecule has 2 aromatic carbocycles. The number of hydrogen-bond donors (Lipinski definition) is 0. The Balaban J connectivity index is 1.74. The molecule has 5 nitrogen and oxygen atoms in total. The van der Waals surface area contributed by atoms with E-state index < -0.39 is 9.84 Å². The summed E-state index contributed by atoms with van der Waals surface area (Å²) in [7, 11) is -3.10. The van der Waals surface area contributed by atoms with Gasteiger partial charge in [-0.05, 0) is 47.2 Å². The van der Waals surface area contributed by atoms with E-state index in [-0.39, 0.29) is 35.5 Å². The van der Waals surface area contributed by atoms with Crippen LogP contribution in [0.3, 0.4) is 0 Å². The molecule has 0 saturated carbocycles. The monoisotopic (exact) mass is 493 g/mol. The Morgan fingerprint density at radius 3 is 2.27 bits per heavy atom. The molecule has 1 heterocycles. The van der Waals surface area contributed by atoms with Crippen LogP contribution in [0.15, 0.2) is 53.0 Å². The maximum atomic E-state index is 13.0. The summed E-state index contributed by atoms with van der Waals surface area (Å²) >= 11 is 3.37. The first-order chi connectivity index (χ1) is 14.0. The molecule has 0 N–H and O–H groups in total. The molecule has 0 spiro atoms. The molecule has 1 saturated heterocycles. The van der Waals surface area contributed by atoms with E-state index >= 15 is 0 Å². The van der Waals surface area contributed by atoms with Gasteiger partial charge in [-0.25, -0.2) is 8.42 Å². The number of ether oxygens (including phenoxy) is 1. The van der Waals surface area contributed by atoms with Crippen molar-refractivity contribution in [1.82, 2.24) is 4.90 Å². The van der Waals surface area contributed by atoms with Crippen molar-refractivity contribution in [3.63, 3.8) is 0 Å². The van der Waals surface area contributed by atoms with E-state index in [9.17, 15) is 13.2 Å². The molecular formula is C23H28BrNO4S. The lowest BCUT2D eigenvalue weighted by molar-refractivity contribution is -0.136. The van der Waals surface area contributed by atoms with Crippen molar-refractivity contribution in [3.05, 3.63) is 64.1 Å². The van der Waals surface area contributed by atoms with E-state index in [1.807, 2.05) is 24.3 Å². The van der Waals surface area contributed by atoms with Crippen LogP contribution in [0.25, 0.3) is 0 Å². The largest absolute Gasteiger partial charge is 0.484 e. The third-order valence-electron chi connectivity index (χ3n) is 5.32. The summed E-state index contributed by atoms with van der Waals surface area (Å²) < 4.78 is 30.6. The molecule has 1 aliphatic heterocycles. The second-order valence-corrected chi connectivity index (χ2v) is 11.9. The highest BCUT2D eigenvalue weighted by Crippen LogP contribution is 2.25. The van der Waals surface area contributed by atoms with E-state index in [1.165, 1.54) is 5.56 Å². The van der Waals surface area contributed by atoms with Gasteiger partial charge >= 0.3 is 0 Å². The number of hydrogen-bond acceptors (Lipinski definition) is 4. The molecule has 1 aliphatic rings. The number of carbonyl (C=O) groups is 1. The SMILES string of the molecule is CC(C)(C)c1ccc(CN(C(=O)COc2ccc(Br)cc2)[C@@H]2CCS(=O)(=O)C2)cc1. The topological polar surface area (TPSA) is 63.7 Å². The fourth-order valence-electron chi connectivity index (χ4n) is 3.51. The molecular weight excluding hydrogens is 466 g/mol. The maximum absolute atomic E-state index is 13.0. The molecule has 1 amide bonds. The van der Waals surface area contributed by atoms with Gasteiger partial charge in [0.15, 0.2) is 16.4 Å². The summed E-state index contributed by atoms with van der Waals surface area (Å²) in [6.07, 6.45) is 0.465. The van der Waals surface area contributed by atoms with E-state index in [0.29, 0.717) is 18.7 Å². The Kier molecular flexibility index (Phi) is 6.92. The van der Waals surface area contributed by atoms with Gasteiger partial charge in [-0.3, -0.25) is 4.79 Å². The number of halogens is 1. The smallest absolute Gasteiger partial charge is 0.261 e. The van der Waals surface area contributed by atoms with Gasteiger partial charge < -0.3 is 9.64 Å². The van der Waals surface area contributed by atoms with Gasteiger partial charge in [0, 0.05) is 17.1 Å². The maximum Gasteiger partial charge on any atom is 0.261 e. The second kappa shape index (κ2) is 9.10. The van der Waals surface area contributed by atoms with E-state index in [1.54, 1.807) is 17.0 Å². The Hall–Kier alpha value is -1.86. The minimum absolute atomic E-state index is 0.0110. The van der Waals surface area contributed by atoms with Crippen LogP contribution in [-0.2, 0) is 26.6 Å². The van der Waals surface area contributed by atoms with Gasteiger partial charge in [0.2, 0.25) is 0 Å². The van der Waals surface area contributed by atoms with Gasteiger partial charge in [0.1, 0.15) is 5.75 Å². The molecule has 0 bridgehead atoms. The zero-order valence-electron chi connectivity index (χ0n) is 17.6. The van der Waals surface area contributed by atoms with Crippen LogP contribution >= 0.6 is 15.9 Å². The quantitative estimate of drug-likeness (QED) is 0.600. The summed E-state index contributed by atoms with van der Waals surface area (Å²) in [6, 6.07) is 15.1. The standard InChI is InChI=1S/C23H28BrNO4S/c1-23(2,3)18-6-4-17(5-7-18)14-25(20-12-13-30(27,28)16-20)22(26)15-29-21-10-8-19(24)9-11-21/h4-11,20H,12-16H2,1-3H3/t20-/m1/s1. The van der Waals surface area contributed by atoms with Crippen LogP contribution in [0.4, 0.5) is 0 Å². The predicted octanol–water partition coefficient (Wildman–Crippen LogP) is 4.34. The van der Waals surface area contributed by atoms with E-state index in [2.05, 4.69) is 48.8 Å². The van der Waals surface area contributed by atoms with Crippen LogP contribution in [0, 0.1) is 0 Å². The molecule has 0 aromatic heterocycles. The number of rotatable bonds is 6. The first-order valence-corrected chi connectivity index (χ1v) is 12.6. The van der Waals surface area contributed by atoms with Crippen molar-refractivity contribution in [3.8, 4) is 5.75 Å². The van der Waals surface area contributed by atoms with Gasteiger partial charge in [-0.2, -0.15) is 0 Å². The van der Waals surface area contributed by atoms with Gasteiger partial charge in [0.05, 0.1) is 11.5 Å². The summed E-state index contributed by atoms with van der Waals surface area (Å²) in [5, 5.41) is 0. The lowest BCUT2D eigenvalue weighted by atomic mass is 9.86. The van der Waals surface area contributed by atoms with Crippen molar-refractivity contribution in [1.29, 1.82) is 0 Å². The number of sulfone groups is 1. The number of amides is 1. The van der Waals surface area contributed by atoms with Crippen molar-refractivity contribution in [2.45, 2.75) is 45.2 Å². The van der Waals surface area contributed by atoms with Gasteiger partial charge in [-0.15, -0.1) is 0 Å². The number of benzene rings is 2. The summed E-state index contributed by atoms with van der Waals surface area (Å²) in [5.41, 5.74) is 2.24. The molecule has 162 valence electrons. The average molecular weight is 494 g/mol. The minimum Gasteiger partial charge on any atom is -0.484 e. The van der Waals surface area contributed by atoms with Crippen molar-refractivity contribution in [2.75, 3.05) is 18.1 Å². The van der Waals surface area contributed by atoms with E-state index in [0.717, 1.165) is 10.0 Å². The van der Waals surface area contributed by atoms with Crippen LogP contribution in [-0.4, -0.2) is 43.4 Å². The molecule has 0 unspecified atom stereocenters. The molecule has 7 heteroatoms. The van der Waals surface area contributed by atoms with Crippen LogP contribution in [0.1, 0.15) is 38.3 Å².